The smallest absolute Gasteiger partial charge is 0.262 e. The highest BCUT2D eigenvalue weighted by Crippen LogP contribution is 2.34. The van der Waals surface area contributed by atoms with Crippen LogP contribution in [-0.4, -0.2) is 17.4 Å². The van der Waals surface area contributed by atoms with E-state index >= 15 is 0 Å². The second-order valence-electron chi connectivity index (χ2n) is 4.85. The molecule has 1 aromatic heterocycles. The zero-order valence-electron chi connectivity index (χ0n) is 11.5. The molecule has 1 aliphatic rings. The second kappa shape index (κ2) is 5.33. The number of amides is 1. The monoisotopic (exact) mass is 267 g/mol. The molecule has 0 atom stereocenters. The van der Waals surface area contributed by atoms with Gasteiger partial charge in [-0.25, -0.2) is 4.98 Å². The fourth-order valence-electron chi connectivity index (χ4n) is 2.41. The molecule has 102 valence electrons. The summed E-state index contributed by atoms with van der Waals surface area (Å²) in [5.41, 5.74) is 2.47. The molecule has 0 bridgehead atoms. The van der Waals surface area contributed by atoms with Gasteiger partial charge in [-0.3, -0.25) is 4.79 Å². The van der Waals surface area contributed by atoms with Crippen molar-refractivity contribution in [3.63, 3.8) is 0 Å². The molecule has 1 aromatic carbocycles. The van der Waals surface area contributed by atoms with Crippen LogP contribution in [0.25, 0.3) is 0 Å². The first-order valence-electron chi connectivity index (χ1n) is 6.94. The summed E-state index contributed by atoms with van der Waals surface area (Å²) < 4.78 is 0. The highest BCUT2D eigenvalue weighted by molar-refractivity contribution is 6.12. The molecule has 0 saturated carbocycles. The van der Waals surface area contributed by atoms with Crippen LogP contribution in [0.2, 0.25) is 0 Å². The lowest BCUT2D eigenvalue weighted by Gasteiger charge is -2.22. The van der Waals surface area contributed by atoms with Crippen LogP contribution in [0.5, 0.6) is 0 Å². The summed E-state index contributed by atoms with van der Waals surface area (Å²) in [6, 6.07) is 11.5. The summed E-state index contributed by atoms with van der Waals surface area (Å²) in [6.07, 6.45) is 3.73. The predicted octanol–water partition coefficient (Wildman–Crippen LogP) is 3.59. The van der Waals surface area contributed by atoms with Gasteiger partial charge in [0, 0.05) is 12.7 Å². The lowest BCUT2D eigenvalue weighted by Crippen LogP contribution is -2.31. The van der Waals surface area contributed by atoms with Gasteiger partial charge in [0.05, 0.1) is 16.9 Å². The molecule has 1 aliphatic heterocycles. The molecule has 3 rings (SSSR count). The largest absolute Gasteiger partial charge is 0.338 e. The van der Waals surface area contributed by atoms with E-state index in [4.69, 9.17) is 0 Å². The van der Waals surface area contributed by atoms with E-state index in [2.05, 4.69) is 17.2 Å². The molecule has 0 aliphatic carbocycles. The molecule has 0 radical (unpaired) electrons. The first-order valence-corrected chi connectivity index (χ1v) is 6.94. The number of nitrogens with zero attached hydrogens (tertiary/aromatic N) is 2. The molecule has 4 nitrogen and oxygen atoms in total. The van der Waals surface area contributed by atoms with E-state index in [0.29, 0.717) is 11.4 Å². The Morgan fingerprint density at radius 3 is 2.90 bits per heavy atom. The van der Waals surface area contributed by atoms with Crippen LogP contribution in [0.4, 0.5) is 17.2 Å². The van der Waals surface area contributed by atoms with E-state index in [-0.39, 0.29) is 5.91 Å². The fourth-order valence-corrected chi connectivity index (χ4v) is 2.41. The zero-order chi connectivity index (χ0) is 13.9. The van der Waals surface area contributed by atoms with Crippen molar-refractivity contribution in [3.05, 3.63) is 48.2 Å². The normalized spacial score (nSPS) is 13.2. The molecule has 2 aromatic rings. The van der Waals surface area contributed by atoms with Gasteiger partial charge in [-0.15, -0.1) is 0 Å². The SMILES string of the molecule is CCCCN1C(=O)c2cccnc2Nc2ccccc21. The van der Waals surface area contributed by atoms with Crippen LogP contribution in [0, 0.1) is 0 Å². The number of nitrogens with one attached hydrogen (secondary N) is 1. The number of rotatable bonds is 3. The average Bonchev–Trinajstić information content (AvgIpc) is 2.60. The van der Waals surface area contributed by atoms with Gasteiger partial charge in [-0.2, -0.15) is 0 Å². The molecule has 2 heterocycles. The number of carbonyl (C=O) groups is 1. The van der Waals surface area contributed by atoms with Crippen LogP contribution >= 0.6 is 0 Å². The quantitative estimate of drug-likeness (QED) is 0.924. The van der Waals surface area contributed by atoms with E-state index in [1.165, 1.54) is 0 Å². The number of anilines is 3. The molecule has 0 fully saturated rings. The molecule has 1 amide bonds. The molecule has 20 heavy (non-hydrogen) atoms. The van der Waals surface area contributed by atoms with Gasteiger partial charge < -0.3 is 10.2 Å². The number of carbonyl (C=O) groups excluding carboxylic acids is 1. The molecule has 1 N–H and O–H groups in total. The predicted molar refractivity (Wildman–Crippen MR) is 80.5 cm³/mol. The van der Waals surface area contributed by atoms with Gasteiger partial charge in [0.15, 0.2) is 0 Å². The standard InChI is InChI=1S/C16H17N3O/c1-2-3-11-19-14-9-5-4-8-13(14)18-15-12(16(19)20)7-6-10-17-15/h4-10H,2-3,11H2,1H3,(H,17,18). The average molecular weight is 267 g/mol. The summed E-state index contributed by atoms with van der Waals surface area (Å²) in [7, 11) is 0. The van der Waals surface area contributed by atoms with E-state index in [0.717, 1.165) is 30.8 Å². The summed E-state index contributed by atoms with van der Waals surface area (Å²) in [5.74, 6) is 0.642. The number of para-hydroxylation sites is 2. The highest BCUT2D eigenvalue weighted by Gasteiger charge is 2.26. The first-order chi connectivity index (χ1) is 9.81. The van der Waals surface area contributed by atoms with Gasteiger partial charge in [-0.05, 0) is 30.7 Å². The van der Waals surface area contributed by atoms with Crippen LogP contribution in [0.15, 0.2) is 42.6 Å². The number of aromatic nitrogens is 1. The Labute approximate surface area is 118 Å². The van der Waals surface area contributed by atoms with Gasteiger partial charge in [0.25, 0.3) is 5.91 Å². The first kappa shape index (κ1) is 12.7. The maximum absolute atomic E-state index is 12.8. The van der Waals surface area contributed by atoms with Crippen molar-refractivity contribution >= 4 is 23.1 Å². The molecule has 0 spiro atoms. The van der Waals surface area contributed by atoms with Crippen LogP contribution in [0.1, 0.15) is 30.1 Å². The fraction of sp³-hybridized carbons (Fsp3) is 0.250. The lowest BCUT2D eigenvalue weighted by atomic mass is 10.2. The highest BCUT2D eigenvalue weighted by atomic mass is 16.2. The number of hydrogen-bond acceptors (Lipinski definition) is 3. The van der Waals surface area contributed by atoms with Crippen molar-refractivity contribution in [2.75, 3.05) is 16.8 Å². The maximum atomic E-state index is 12.8. The van der Waals surface area contributed by atoms with Crippen molar-refractivity contribution in [2.24, 2.45) is 0 Å². The third-order valence-electron chi connectivity index (χ3n) is 3.47. The topological polar surface area (TPSA) is 45.2 Å². The minimum Gasteiger partial charge on any atom is -0.338 e. The molecular formula is C16H17N3O. The Balaban J connectivity index is 2.11. The Hall–Kier alpha value is -2.36. The maximum Gasteiger partial charge on any atom is 0.262 e. The van der Waals surface area contributed by atoms with Crippen LogP contribution in [0.3, 0.4) is 0 Å². The van der Waals surface area contributed by atoms with E-state index in [1.807, 2.05) is 35.2 Å². The van der Waals surface area contributed by atoms with Gasteiger partial charge in [0.1, 0.15) is 5.82 Å². The summed E-state index contributed by atoms with van der Waals surface area (Å²) in [4.78, 5) is 18.9. The molecule has 4 heteroatoms. The number of hydrogen-bond donors (Lipinski definition) is 1. The summed E-state index contributed by atoms with van der Waals surface area (Å²) in [5, 5.41) is 3.27. The Bertz CT molecular complexity index is 639. The Morgan fingerprint density at radius 2 is 2.05 bits per heavy atom. The third kappa shape index (κ3) is 2.13. The number of pyridine rings is 1. The van der Waals surface area contributed by atoms with E-state index in [1.54, 1.807) is 12.3 Å². The van der Waals surface area contributed by atoms with Crippen molar-refractivity contribution in [3.8, 4) is 0 Å². The van der Waals surface area contributed by atoms with Crippen molar-refractivity contribution in [1.82, 2.24) is 4.98 Å². The van der Waals surface area contributed by atoms with Crippen molar-refractivity contribution in [1.29, 1.82) is 0 Å². The van der Waals surface area contributed by atoms with Crippen molar-refractivity contribution in [2.45, 2.75) is 19.8 Å². The van der Waals surface area contributed by atoms with Gasteiger partial charge in [-0.1, -0.05) is 25.5 Å². The Morgan fingerprint density at radius 1 is 1.20 bits per heavy atom. The Kier molecular flexibility index (Phi) is 3.37. The lowest BCUT2D eigenvalue weighted by molar-refractivity contribution is 0.0988. The molecule has 0 unspecified atom stereocenters. The second-order valence-corrected chi connectivity index (χ2v) is 4.85. The number of fused-ring (bicyclic) bond motifs is 2. The number of benzene rings is 1. The summed E-state index contributed by atoms with van der Waals surface area (Å²) in [6.45, 7) is 2.85. The summed E-state index contributed by atoms with van der Waals surface area (Å²) >= 11 is 0. The minimum atomic E-state index is 0.0130. The number of unbranched alkanes of at least 4 members (excludes halogenated alkanes) is 1. The van der Waals surface area contributed by atoms with Gasteiger partial charge in [0.2, 0.25) is 0 Å². The van der Waals surface area contributed by atoms with Gasteiger partial charge >= 0.3 is 0 Å². The minimum absolute atomic E-state index is 0.0130. The molecule has 0 saturated heterocycles. The van der Waals surface area contributed by atoms with E-state index in [9.17, 15) is 4.79 Å². The van der Waals surface area contributed by atoms with E-state index < -0.39 is 0 Å². The zero-order valence-corrected chi connectivity index (χ0v) is 11.5. The molecular weight excluding hydrogens is 250 g/mol. The third-order valence-corrected chi connectivity index (χ3v) is 3.47. The van der Waals surface area contributed by atoms with Crippen LogP contribution < -0.4 is 10.2 Å². The van der Waals surface area contributed by atoms with Crippen LogP contribution in [-0.2, 0) is 0 Å². The van der Waals surface area contributed by atoms with Crippen molar-refractivity contribution < 1.29 is 4.79 Å².